The van der Waals surface area contributed by atoms with Gasteiger partial charge in [-0.2, -0.15) is 13.1 Å². The van der Waals surface area contributed by atoms with E-state index < -0.39 is 5.82 Å². The molecule has 0 amide bonds. The lowest BCUT2D eigenvalue weighted by atomic mass is 9.58. The average molecular weight is 452 g/mol. The third-order valence-corrected chi connectivity index (χ3v) is 5.61. The lowest BCUT2D eigenvalue weighted by molar-refractivity contribution is -0.653. The quantitative estimate of drug-likeness (QED) is 0.287. The summed E-state index contributed by atoms with van der Waals surface area (Å²) in [5, 5.41) is 9.95. The van der Waals surface area contributed by atoms with E-state index in [1.54, 1.807) is 39.5 Å². The largest absolute Gasteiger partial charge is 0.504 e. The molecule has 0 aliphatic rings. The number of imidazole rings is 1. The van der Waals surface area contributed by atoms with E-state index in [0.29, 0.717) is 29.2 Å². The van der Waals surface area contributed by atoms with Crippen molar-refractivity contribution in [3.8, 4) is 28.7 Å². The number of Topliss-reactive ketones (excluding diaryl/α,β-unsaturated/α-hetero) is 1. The fraction of sp³-hybridized carbons (Fsp3) is 0.333. The molecule has 1 aromatic heterocycles. The minimum atomic E-state index is -0.536. The van der Waals surface area contributed by atoms with Crippen LogP contribution in [0.2, 0.25) is 5.82 Å². The second-order valence-electron chi connectivity index (χ2n) is 7.60. The molecular weight excluding hydrogens is 423 g/mol. The number of ketones is 1. The lowest BCUT2D eigenvalue weighted by Crippen LogP contribution is -2.51. The molecule has 3 rings (SSSR count). The van der Waals surface area contributed by atoms with Crippen molar-refractivity contribution in [3.63, 3.8) is 0 Å². The third kappa shape index (κ3) is 4.92. The van der Waals surface area contributed by atoms with Crippen LogP contribution in [0.1, 0.15) is 15.9 Å². The van der Waals surface area contributed by atoms with E-state index in [2.05, 4.69) is 0 Å². The molecule has 1 atom stereocenters. The van der Waals surface area contributed by atoms with Crippen LogP contribution in [0.3, 0.4) is 0 Å². The summed E-state index contributed by atoms with van der Waals surface area (Å²) in [7, 11) is 11.9. The molecule has 3 aromatic rings. The Morgan fingerprint density at radius 2 is 1.73 bits per heavy atom. The molecule has 1 N–H and O–H groups in total. The fourth-order valence-corrected chi connectivity index (χ4v) is 3.85. The number of hydrogen-bond donors (Lipinski definition) is 1. The van der Waals surface area contributed by atoms with Crippen molar-refractivity contribution in [2.24, 2.45) is 14.1 Å². The number of benzene rings is 2. The molecule has 174 valence electrons. The Bertz CT molecular complexity index is 1120. The van der Waals surface area contributed by atoms with E-state index in [9.17, 15) is 9.90 Å². The highest BCUT2D eigenvalue weighted by molar-refractivity contribution is 6.57. The first kappa shape index (κ1) is 24.0. The predicted molar refractivity (Wildman–Crippen MR) is 125 cm³/mol. The van der Waals surface area contributed by atoms with Crippen molar-refractivity contribution in [2.45, 2.75) is 12.2 Å². The standard InChI is InChI=1S/C24H28BN2O6/c1-26-11-12-27(2)24(26)25-17(21(29)15-7-9-18(28)20(14-15)31-4)13-16-8-10-19(30-3)23(33-6)22(16)32-5/h7-12,14,17H,13H2,1-6H3/q-1/p+1. The molecule has 33 heavy (non-hydrogen) atoms. The Kier molecular flexibility index (Phi) is 7.53. The van der Waals surface area contributed by atoms with Gasteiger partial charge in [-0.15, -0.1) is 0 Å². The number of phenols is 1. The Hall–Kier alpha value is -3.62. The van der Waals surface area contributed by atoms with Crippen molar-refractivity contribution >= 4 is 18.8 Å². The van der Waals surface area contributed by atoms with E-state index in [1.807, 2.05) is 49.0 Å². The van der Waals surface area contributed by atoms with Gasteiger partial charge in [0.25, 0.3) is 0 Å². The maximum absolute atomic E-state index is 13.7. The van der Waals surface area contributed by atoms with E-state index in [0.717, 1.165) is 11.3 Å². The molecule has 0 bridgehead atoms. The summed E-state index contributed by atoms with van der Waals surface area (Å²) in [5.41, 5.74) is 2.10. The van der Waals surface area contributed by atoms with Gasteiger partial charge in [0.05, 0.1) is 42.5 Å². The monoisotopic (exact) mass is 452 g/mol. The predicted octanol–water partition coefficient (Wildman–Crippen LogP) is 1.83. The Morgan fingerprint density at radius 1 is 1.03 bits per heavy atom. The van der Waals surface area contributed by atoms with Gasteiger partial charge in [0.1, 0.15) is 18.2 Å². The molecule has 0 aliphatic carbocycles. The van der Waals surface area contributed by atoms with Crippen LogP contribution in [0, 0.1) is 0 Å². The highest BCUT2D eigenvalue weighted by atomic mass is 16.5. The minimum absolute atomic E-state index is 0.0232. The number of phenolic OH excluding ortho intramolecular Hbond substituents is 1. The van der Waals surface area contributed by atoms with Crippen LogP contribution in [0.4, 0.5) is 0 Å². The maximum atomic E-state index is 13.7. The summed E-state index contributed by atoms with van der Waals surface area (Å²) in [5.74, 6) is 1.10. The molecule has 1 heterocycles. The Morgan fingerprint density at radius 3 is 2.30 bits per heavy atom. The maximum Gasteiger partial charge on any atom is 0.203 e. The van der Waals surface area contributed by atoms with Gasteiger partial charge in [0.2, 0.25) is 5.75 Å². The fourth-order valence-electron chi connectivity index (χ4n) is 3.85. The number of nitrogens with zero attached hydrogens (tertiary/aromatic N) is 2. The highest BCUT2D eigenvalue weighted by Gasteiger charge is 2.21. The van der Waals surface area contributed by atoms with Crippen molar-refractivity contribution in [1.29, 1.82) is 0 Å². The van der Waals surface area contributed by atoms with Gasteiger partial charge in [0, 0.05) is 11.3 Å². The molecule has 0 aliphatic heterocycles. The normalized spacial score (nSPS) is 11.7. The van der Waals surface area contributed by atoms with E-state index in [4.69, 9.17) is 18.9 Å². The van der Waals surface area contributed by atoms with E-state index >= 15 is 0 Å². The number of carbonyl (C=O) groups excluding carboxylic acids is 1. The van der Waals surface area contributed by atoms with Gasteiger partial charge in [-0.25, -0.2) is 0 Å². The average Bonchev–Trinajstić information content (AvgIpc) is 3.14. The summed E-state index contributed by atoms with van der Waals surface area (Å²) in [6.45, 7) is 0. The number of carbonyl (C=O) groups is 1. The van der Waals surface area contributed by atoms with Crippen LogP contribution in [0.25, 0.3) is 0 Å². The number of aryl methyl sites for hydroxylation is 2. The molecule has 9 heteroatoms. The first-order valence-corrected chi connectivity index (χ1v) is 10.4. The first-order valence-electron chi connectivity index (χ1n) is 10.4. The molecule has 0 fully saturated rings. The van der Waals surface area contributed by atoms with Crippen LogP contribution < -0.4 is 29.2 Å². The summed E-state index contributed by atoms with van der Waals surface area (Å²) in [6, 6.07) is 8.27. The van der Waals surface area contributed by atoms with Crippen molar-refractivity contribution in [3.05, 3.63) is 53.9 Å². The number of ether oxygens (including phenoxy) is 4. The molecule has 2 radical (unpaired) electrons. The third-order valence-electron chi connectivity index (χ3n) is 5.61. The van der Waals surface area contributed by atoms with Crippen LogP contribution in [-0.2, 0) is 20.5 Å². The van der Waals surface area contributed by atoms with Crippen LogP contribution in [0.5, 0.6) is 28.7 Å². The second kappa shape index (κ2) is 10.3. The number of aromatic hydroxyl groups is 1. The summed E-state index contributed by atoms with van der Waals surface area (Å²) < 4.78 is 25.6. The summed E-state index contributed by atoms with van der Waals surface area (Å²) in [6.07, 6.45) is 4.21. The number of rotatable bonds is 10. The van der Waals surface area contributed by atoms with Crippen molar-refractivity contribution in [1.82, 2.24) is 4.57 Å². The van der Waals surface area contributed by atoms with Crippen molar-refractivity contribution in [2.75, 3.05) is 28.4 Å². The Balaban J connectivity index is 2.05. The summed E-state index contributed by atoms with van der Waals surface area (Å²) in [4.78, 5) is 13.7. The highest BCUT2D eigenvalue weighted by Crippen LogP contribution is 2.41. The van der Waals surface area contributed by atoms with Crippen LogP contribution in [0.15, 0.2) is 42.7 Å². The van der Waals surface area contributed by atoms with Gasteiger partial charge in [-0.3, -0.25) is 13.9 Å². The van der Waals surface area contributed by atoms with Crippen LogP contribution in [-0.4, -0.2) is 51.2 Å². The van der Waals surface area contributed by atoms with Gasteiger partial charge < -0.3 is 24.1 Å². The minimum Gasteiger partial charge on any atom is -0.504 e. The Labute approximate surface area is 194 Å². The molecule has 0 saturated heterocycles. The number of hydrogen-bond acceptors (Lipinski definition) is 6. The molecular formula is C24H29BN2O6. The lowest BCUT2D eigenvalue weighted by Gasteiger charge is -2.27. The zero-order valence-electron chi connectivity index (χ0n) is 19.8. The van der Waals surface area contributed by atoms with E-state index in [1.165, 1.54) is 13.2 Å². The van der Waals surface area contributed by atoms with Crippen LogP contribution >= 0.6 is 0 Å². The van der Waals surface area contributed by atoms with Crippen molar-refractivity contribution < 1.29 is 33.4 Å². The number of methoxy groups -OCH3 is 4. The molecule has 8 nitrogen and oxygen atoms in total. The topological polar surface area (TPSA) is 83.0 Å². The summed E-state index contributed by atoms with van der Waals surface area (Å²) >= 11 is 0. The zero-order valence-corrected chi connectivity index (χ0v) is 19.8. The molecule has 2 aromatic carbocycles. The SMILES string of the molecule is COc1cc(C(=O)C([B-]c2n(C)cc[n+]2C)Cc2ccc(OC)c(OC)c2OC)ccc1O. The molecule has 0 saturated carbocycles. The smallest absolute Gasteiger partial charge is 0.203 e. The van der Waals surface area contributed by atoms with Gasteiger partial charge >= 0.3 is 0 Å². The van der Waals surface area contributed by atoms with Gasteiger partial charge in [-0.1, -0.05) is 12.5 Å². The first-order chi connectivity index (χ1) is 15.8. The number of aromatic nitrogens is 2. The van der Waals surface area contributed by atoms with E-state index in [-0.39, 0.29) is 17.3 Å². The molecule has 0 spiro atoms. The van der Waals surface area contributed by atoms with Gasteiger partial charge in [0.15, 0.2) is 23.0 Å². The van der Waals surface area contributed by atoms with Gasteiger partial charge in [-0.05, 0) is 29.8 Å². The molecule has 1 unspecified atom stereocenters. The second-order valence-corrected chi connectivity index (χ2v) is 7.60. The zero-order chi connectivity index (χ0) is 24.1.